The van der Waals surface area contributed by atoms with Crippen LogP contribution < -0.4 is 14.9 Å². The summed E-state index contributed by atoms with van der Waals surface area (Å²) in [5.74, 6) is -0.605. The molecule has 15 nitrogen and oxygen atoms in total. The molecule has 234 valence electrons. The van der Waals surface area contributed by atoms with Crippen molar-refractivity contribution in [3.63, 3.8) is 0 Å². The fraction of sp³-hybridized carbons (Fsp3) is 0.464. The van der Waals surface area contributed by atoms with Crippen LogP contribution in [0.2, 0.25) is 0 Å². The first-order chi connectivity index (χ1) is 20.4. The van der Waals surface area contributed by atoms with Crippen LogP contribution in [0.15, 0.2) is 45.6 Å². The maximum Gasteiger partial charge on any atom is 0.229 e. The third kappa shape index (κ3) is 5.99. The Hall–Kier alpha value is -3.51. The molecule has 3 aromatic rings. The Morgan fingerprint density at radius 1 is 0.791 bits per heavy atom. The number of hydrogen-bond donors (Lipinski definition) is 8. The van der Waals surface area contributed by atoms with Crippen LogP contribution in [0, 0.1) is 0 Å². The largest absolute Gasteiger partial charge is 0.507 e. The Morgan fingerprint density at radius 2 is 1.49 bits per heavy atom. The molecule has 2 saturated heterocycles. The van der Waals surface area contributed by atoms with Crippen LogP contribution in [0.5, 0.6) is 23.0 Å². The summed E-state index contributed by atoms with van der Waals surface area (Å²) in [6.45, 7) is 0.953. The number of phenolic OH excluding ortho intramolecular Hbond substituents is 2. The van der Waals surface area contributed by atoms with Crippen molar-refractivity contribution in [3.05, 3.63) is 46.6 Å². The normalized spacial score (nSPS) is 32.9. The van der Waals surface area contributed by atoms with E-state index >= 15 is 0 Å². The summed E-state index contributed by atoms with van der Waals surface area (Å²) in [7, 11) is 1.38. The van der Waals surface area contributed by atoms with Gasteiger partial charge in [-0.1, -0.05) is 0 Å². The smallest absolute Gasteiger partial charge is 0.229 e. The van der Waals surface area contributed by atoms with Crippen molar-refractivity contribution in [2.75, 3.05) is 13.7 Å². The zero-order valence-electron chi connectivity index (χ0n) is 22.9. The molecular formula is C28H32O15. The molecule has 3 heterocycles. The van der Waals surface area contributed by atoms with E-state index in [1.165, 1.54) is 32.2 Å². The van der Waals surface area contributed by atoms with Gasteiger partial charge in [0.25, 0.3) is 0 Å². The number of ether oxygens (including phenoxy) is 5. The van der Waals surface area contributed by atoms with Crippen LogP contribution in [0.1, 0.15) is 6.92 Å². The molecule has 0 aliphatic carbocycles. The van der Waals surface area contributed by atoms with Crippen LogP contribution in [0.4, 0.5) is 0 Å². The molecule has 10 atom stereocenters. The quantitative estimate of drug-likeness (QED) is 0.159. The lowest BCUT2D eigenvalue weighted by Crippen LogP contribution is -2.61. The molecular weight excluding hydrogens is 576 g/mol. The highest BCUT2D eigenvalue weighted by Crippen LogP contribution is 2.35. The van der Waals surface area contributed by atoms with Crippen molar-refractivity contribution >= 4 is 11.0 Å². The predicted molar refractivity (Wildman–Crippen MR) is 143 cm³/mol. The number of methoxy groups -OCH3 is 1. The second-order valence-electron chi connectivity index (χ2n) is 10.3. The van der Waals surface area contributed by atoms with Gasteiger partial charge in [-0.15, -0.1) is 0 Å². The summed E-state index contributed by atoms with van der Waals surface area (Å²) in [6, 6.07) is 7.78. The van der Waals surface area contributed by atoms with Gasteiger partial charge in [0.2, 0.25) is 6.29 Å². The Bertz CT molecular complexity index is 1510. The molecule has 2 aromatic carbocycles. The monoisotopic (exact) mass is 608 g/mol. The molecule has 43 heavy (non-hydrogen) atoms. The van der Waals surface area contributed by atoms with Crippen molar-refractivity contribution in [2.45, 2.75) is 68.3 Å². The number of aromatic hydroxyl groups is 2. The van der Waals surface area contributed by atoms with Crippen molar-refractivity contribution < 1.29 is 69.0 Å². The molecule has 0 saturated carbocycles. The minimum absolute atomic E-state index is 0.0517. The van der Waals surface area contributed by atoms with Gasteiger partial charge >= 0.3 is 0 Å². The van der Waals surface area contributed by atoms with Crippen molar-refractivity contribution in [2.24, 2.45) is 0 Å². The summed E-state index contributed by atoms with van der Waals surface area (Å²) in [6.07, 6.45) is -15.0. The molecule has 0 bridgehead atoms. The van der Waals surface area contributed by atoms with E-state index in [0.717, 1.165) is 12.1 Å². The zero-order chi connectivity index (χ0) is 31.2. The fourth-order valence-electron chi connectivity index (χ4n) is 4.92. The Morgan fingerprint density at radius 3 is 2.19 bits per heavy atom. The van der Waals surface area contributed by atoms with E-state index in [9.17, 15) is 45.6 Å². The third-order valence-corrected chi connectivity index (χ3v) is 7.40. The third-order valence-electron chi connectivity index (χ3n) is 7.40. The van der Waals surface area contributed by atoms with Crippen LogP contribution in [0.25, 0.3) is 22.3 Å². The number of aliphatic hydroxyl groups is 6. The van der Waals surface area contributed by atoms with E-state index in [-0.39, 0.29) is 34.0 Å². The molecule has 5 rings (SSSR count). The molecule has 8 N–H and O–H groups in total. The first kappa shape index (κ1) is 30.9. The van der Waals surface area contributed by atoms with E-state index in [1.807, 2.05) is 0 Å². The molecule has 2 aliphatic heterocycles. The molecule has 0 spiro atoms. The highest BCUT2D eigenvalue weighted by Gasteiger charge is 2.47. The predicted octanol–water partition coefficient (Wildman–Crippen LogP) is -1.09. The first-order valence-electron chi connectivity index (χ1n) is 13.3. The topological polar surface area (TPSA) is 238 Å². The lowest BCUT2D eigenvalue weighted by Gasteiger charge is -2.42. The van der Waals surface area contributed by atoms with E-state index < -0.39 is 79.2 Å². The van der Waals surface area contributed by atoms with Gasteiger partial charge in [0.05, 0.1) is 19.8 Å². The molecule has 2 fully saturated rings. The van der Waals surface area contributed by atoms with Crippen molar-refractivity contribution in [1.29, 1.82) is 0 Å². The van der Waals surface area contributed by atoms with Crippen LogP contribution >= 0.6 is 0 Å². The Kier molecular flexibility index (Phi) is 8.80. The number of aliphatic hydroxyl groups excluding tert-OH is 6. The maximum absolute atomic E-state index is 12.8. The summed E-state index contributed by atoms with van der Waals surface area (Å²) in [5, 5.41) is 82.0. The lowest BCUT2D eigenvalue weighted by molar-refractivity contribution is -0.318. The van der Waals surface area contributed by atoms with E-state index in [2.05, 4.69) is 0 Å². The fourth-order valence-corrected chi connectivity index (χ4v) is 4.92. The summed E-state index contributed by atoms with van der Waals surface area (Å²) >= 11 is 0. The number of fused-ring (bicyclic) bond motifs is 1. The summed E-state index contributed by atoms with van der Waals surface area (Å²) < 4.78 is 32.9. The molecule has 1 aromatic heterocycles. The molecule has 2 aliphatic rings. The van der Waals surface area contributed by atoms with Crippen molar-refractivity contribution in [3.8, 4) is 34.3 Å². The highest BCUT2D eigenvalue weighted by molar-refractivity contribution is 5.86. The van der Waals surface area contributed by atoms with E-state index in [4.69, 9.17) is 28.1 Å². The van der Waals surface area contributed by atoms with Gasteiger partial charge in [-0.25, -0.2) is 0 Å². The van der Waals surface area contributed by atoms with Crippen LogP contribution in [-0.2, 0) is 14.2 Å². The SMILES string of the molecule is COc1ccc(-c2cc(=O)c3c(O)cc(O[C@@H]4O[C@H](CO[C@@H]5O[C@H](C)[C@H](O)[C@@H](O)[C@H]5O)[C@@H](O)[C@@H](O)[C@H]4O)cc3o2)cc1O. The summed E-state index contributed by atoms with van der Waals surface area (Å²) in [4.78, 5) is 12.8. The molecule has 0 unspecified atom stereocenters. The van der Waals surface area contributed by atoms with Crippen LogP contribution in [-0.4, -0.2) is 116 Å². The van der Waals surface area contributed by atoms with Gasteiger partial charge in [0.15, 0.2) is 23.2 Å². The maximum atomic E-state index is 12.8. The van der Waals surface area contributed by atoms with Gasteiger partial charge in [-0.2, -0.15) is 0 Å². The number of phenols is 2. The highest BCUT2D eigenvalue weighted by atomic mass is 16.7. The van der Waals surface area contributed by atoms with Gasteiger partial charge in [0.1, 0.15) is 71.0 Å². The second-order valence-corrected chi connectivity index (χ2v) is 10.3. The van der Waals surface area contributed by atoms with Gasteiger partial charge in [-0.3, -0.25) is 4.79 Å². The summed E-state index contributed by atoms with van der Waals surface area (Å²) in [5.41, 5.74) is -0.381. The number of benzene rings is 2. The number of hydrogen-bond acceptors (Lipinski definition) is 15. The van der Waals surface area contributed by atoms with E-state index in [1.54, 1.807) is 6.07 Å². The van der Waals surface area contributed by atoms with Gasteiger partial charge in [-0.05, 0) is 25.1 Å². The van der Waals surface area contributed by atoms with Crippen LogP contribution in [0.3, 0.4) is 0 Å². The van der Waals surface area contributed by atoms with E-state index in [0.29, 0.717) is 5.56 Å². The standard InChI is InChI=1S/C28H32O15/c1-10-21(32)23(34)25(36)27(40-10)39-9-19-22(33)24(35)26(37)28(43-19)41-12-6-14(30)20-15(31)8-17(42-18(20)7-12)11-3-4-16(38-2)13(29)5-11/h3-8,10,19,21-30,32-37H,9H2,1-2H3/t10-,19-,21+,22-,23-,24-,25-,26-,27-,28-/m1/s1. The second kappa shape index (κ2) is 12.2. The molecule has 15 heteroatoms. The van der Waals surface area contributed by atoms with Gasteiger partial charge in [0, 0.05) is 23.8 Å². The molecule has 0 amide bonds. The average Bonchev–Trinajstić information content (AvgIpc) is 2.97. The molecule has 0 radical (unpaired) electrons. The van der Waals surface area contributed by atoms with Crippen molar-refractivity contribution in [1.82, 2.24) is 0 Å². The Balaban J connectivity index is 1.36. The average molecular weight is 609 g/mol. The Labute approximate surface area is 243 Å². The minimum Gasteiger partial charge on any atom is -0.507 e. The van der Waals surface area contributed by atoms with Gasteiger partial charge < -0.3 is 69.0 Å². The number of rotatable bonds is 7. The lowest BCUT2D eigenvalue weighted by atomic mass is 9.98. The zero-order valence-corrected chi connectivity index (χ0v) is 22.9. The minimum atomic E-state index is -1.78. The first-order valence-corrected chi connectivity index (χ1v) is 13.3.